The number of aliphatic hydroxyl groups is 1. The lowest BCUT2D eigenvalue weighted by atomic mass is 10.1. The number of rotatable bonds is 14. The van der Waals surface area contributed by atoms with E-state index in [1.165, 1.54) is 32.1 Å². The van der Waals surface area contributed by atoms with Crippen LogP contribution in [-0.2, 0) is 14.4 Å². The van der Waals surface area contributed by atoms with Crippen LogP contribution in [0.15, 0.2) is 0 Å². The first-order chi connectivity index (χ1) is 10.5. The zero-order valence-corrected chi connectivity index (χ0v) is 13.5. The zero-order valence-electron chi connectivity index (χ0n) is 13.5. The summed E-state index contributed by atoms with van der Waals surface area (Å²) in [6, 6.07) is -1.64. The highest BCUT2D eigenvalue weighted by Crippen LogP contribution is 2.10. The Morgan fingerprint density at radius 1 is 0.909 bits per heavy atom. The molecule has 0 saturated carbocycles. The summed E-state index contributed by atoms with van der Waals surface area (Å²) in [7, 11) is 0. The van der Waals surface area contributed by atoms with Gasteiger partial charge >= 0.3 is 5.97 Å². The predicted molar refractivity (Wildman–Crippen MR) is 83.5 cm³/mol. The molecule has 1 unspecified atom stereocenters. The molecule has 128 valence electrons. The maximum Gasteiger partial charge on any atom is 0.334 e. The second kappa shape index (κ2) is 13.2. The number of hydrogen-bond acceptors (Lipinski definition) is 4. The topological polar surface area (TPSA) is 104 Å². The van der Waals surface area contributed by atoms with Crippen LogP contribution in [0.1, 0.15) is 71.1 Å². The van der Waals surface area contributed by atoms with E-state index < -0.39 is 30.3 Å². The Hall–Kier alpha value is -1.43. The van der Waals surface area contributed by atoms with Gasteiger partial charge in [0.15, 0.2) is 11.8 Å². The number of hydrogen-bond donors (Lipinski definition) is 3. The first-order valence-corrected chi connectivity index (χ1v) is 8.18. The minimum Gasteiger partial charge on any atom is -0.479 e. The Balaban J connectivity index is 3.68. The van der Waals surface area contributed by atoms with Crippen LogP contribution in [0.2, 0.25) is 0 Å². The van der Waals surface area contributed by atoms with Crippen molar-refractivity contribution in [1.82, 2.24) is 5.32 Å². The molecule has 0 bridgehead atoms. The van der Waals surface area contributed by atoms with E-state index in [1.807, 2.05) is 0 Å². The SMILES string of the molecule is CCCCCCCCCCCC(=O)NC(C(=O)O)C(=O)CO. The summed E-state index contributed by atoms with van der Waals surface area (Å²) in [4.78, 5) is 33.6. The molecule has 0 aromatic heterocycles. The summed E-state index contributed by atoms with van der Waals surface area (Å²) >= 11 is 0. The van der Waals surface area contributed by atoms with Gasteiger partial charge in [-0.05, 0) is 6.42 Å². The highest BCUT2D eigenvalue weighted by atomic mass is 16.4. The lowest BCUT2D eigenvalue weighted by Crippen LogP contribution is -2.47. The summed E-state index contributed by atoms with van der Waals surface area (Å²) in [5.74, 6) is -2.82. The highest BCUT2D eigenvalue weighted by Gasteiger charge is 2.26. The number of aliphatic carboxylic acids is 1. The first kappa shape index (κ1) is 20.6. The van der Waals surface area contributed by atoms with Gasteiger partial charge in [-0.2, -0.15) is 0 Å². The molecule has 0 aromatic carbocycles. The van der Waals surface area contributed by atoms with E-state index in [-0.39, 0.29) is 6.42 Å². The normalized spacial score (nSPS) is 11.9. The van der Waals surface area contributed by atoms with Crippen molar-refractivity contribution < 1.29 is 24.6 Å². The van der Waals surface area contributed by atoms with E-state index in [0.29, 0.717) is 6.42 Å². The largest absolute Gasteiger partial charge is 0.479 e. The summed E-state index contributed by atoms with van der Waals surface area (Å²) < 4.78 is 0. The predicted octanol–water partition coefficient (Wildman–Crippen LogP) is 2.04. The Morgan fingerprint density at radius 2 is 1.41 bits per heavy atom. The summed E-state index contributed by atoms with van der Waals surface area (Å²) in [5.41, 5.74) is 0. The minimum atomic E-state index is -1.64. The van der Waals surface area contributed by atoms with Gasteiger partial charge in [-0.1, -0.05) is 58.3 Å². The molecular weight excluding hydrogens is 286 g/mol. The fourth-order valence-corrected chi connectivity index (χ4v) is 2.20. The molecule has 6 nitrogen and oxygen atoms in total. The van der Waals surface area contributed by atoms with E-state index in [1.54, 1.807) is 0 Å². The fourth-order valence-electron chi connectivity index (χ4n) is 2.20. The van der Waals surface area contributed by atoms with E-state index in [4.69, 9.17) is 10.2 Å². The molecular formula is C16H29NO5. The van der Waals surface area contributed by atoms with Crippen LogP contribution in [0.25, 0.3) is 0 Å². The Bertz CT molecular complexity index is 343. The molecule has 0 aliphatic carbocycles. The van der Waals surface area contributed by atoms with Crippen molar-refractivity contribution in [1.29, 1.82) is 0 Å². The van der Waals surface area contributed by atoms with Gasteiger partial charge in [0.2, 0.25) is 5.91 Å². The number of carbonyl (C=O) groups excluding carboxylic acids is 2. The average molecular weight is 315 g/mol. The number of amides is 1. The van der Waals surface area contributed by atoms with Gasteiger partial charge < -0.3 is 15.5 Å². The molecule has 0 fully saturated rings. The Labute approximate surface area is 132 Å². The van der Waals surface area contributed by atoms with Crippen LogP contribution in [0.5, 0.6) is 0 Å². The van der Waals surface area contributed by atoms with Crippen LogP contribution in [0, 0.1) is 0 Å². The smallest absolute Gasteiger partial charge is 0.334 e. The van der Waals surface area contributed by atoms with Crippen LogP contribution < -0.4 is 5.32 Å². The van der Waals surface area contributed by atoms with Gasteiger partial charge in [0.1, 0.15) is 6.61 Å². The van der Waals surface area contributed by atoms with Crippen molar-refractivity contribution in [3.63, 3.8) is 0 Å². The van der Waals surface area contributed by atoms with E-state index in [2.05, 4.69) is 12.2 Å². The summed E-state index contributed by atoms with van der Waals surface area (Å²) in [6.07, 6.45) is 10.3. The molecule has 0 radical (unpaired) electrons. The highest BCUT2D eigenvalue weighted by molar-refractivity contribution is 6.05. The maximum absolute atomic E-state index is 11.6. The maximum atomic E-state index is 11.6. The second-order valence-electron chi connectivity index (χ2n) is 5.54. The second-order valence-corrected chi connectivity index (χ2v) is 5.54. The number of aliphatic hydroxyl groups excluding tert-OH is 1. The van der Waals surface area contributed by atoms with Crippen molar-refractivity contribution in [2.24, 2.45) is 0 Å². The molecule has 1 atom stereocenters. The molecule has 0 saturated heterocycles. The van der Waals surface area contributed by atoms with Gasteiger partial charge in [-0.25, -0.2) is 4.79 Å². The fraction of sp³-hybridized carbons (Fsp3) is 0.812. The number of nitrogens with one attached hydrogen (secondary N) is 1. The van der Waals surface area contributed by atoms with Crippen LogP contribution in [0.3, 0.4) is 0 Å². The van der Waals surface area contributed by atoms with E-state index in [0.717, 1.165) is 19.3 Å². The Kier molecular flexibility index (Phi) is 12.4. The molecule has 0 aromatic rings. The third-order valence-corrected chi connectivity index (χ3v) is 3.54. The van der Waals surface area contributed by atoms with E-state index in [9.17, 15) is 14.4 Å². The van der Waals surface area contributed by atoms with Crippen molar-refractivity contribution in [2.45, 2.75) is 77.2 Å². The van der Waals surface area contributed by atoms with Crippen molar-refractivity contribution in [3.8, 4) is 0 Å². The molecule has 0 heterocycles. The van der Waals surface area contributed by atoms with Crippen LogP contribution >= 0.6 is 0 Å². The number of ketones is 1. The molecule has 0 rings (SSSR count). The van der Waals surface area contributed by atoms with Crippen LogP contribution in [-0.4, -0.2) is 40.5 Å². The monoisotopic (exact) mass is 315 g/mol. The Morgan fingerprint density at radius 3 is 1.86 bits per heavy atom. The molecule has 3 N–H and O–H groups in total. The van der Waals surface area contributed by atoms with Gasteiger partial charge in [-0.3, -0.25) is 9.59 Å². The molecule has 22 heavy (non-hydrogen) atoms. The molecule has 6 heteroatoms. The lowest BCUT2D eigenvalue weighted by molar-refractivity contribution is -0.146. The average Bonchev–Trinajstić information content (AvgIpc) is 2.50. The number of unbranched alkanes of at least 4 members (excludes halogenated alkanes) is 8. The van der Waals surface area contributed by atoms with Gasteiger partial charge in [0.05, 0.1) is 0 Å². The third kappa shape index (κ3) is 10.3. The number of carbonyl (C=O) groups is 3. The molecule has 1 amide bonds. The summed E-state index contributed by atoms with van der Waals surface area (Å²) in [6.45, 7) is 1.30. The minimum absolute atomic E-state index is 0.207. The van der Waals surface area contributed by atoms with Gasteiger partial charge in [0, 0.05) is 6.42 Å². The van der Waals surface area contributed by atoms with E-state index >= 15 is 0 Å². The van der Waals surface area contributed by atoms with Crippen LogP contribution in [0.4, 0.5) is 0 Å². The van der Waals surface area contributed by atoms with Crippen molar-refractivity contribution in [3.05, 3.63) is 0 Å². The first-order valence-electron chi connectivity index (χ1n) is 8.18. The zero-order chi connectivity index (χ0) is 16.8. The number of carboxylic acid groups (broad SMARTS) is 1. The lowest BCUT2D eigenvalue weighted by Gasteiger charge is -2.12. The van der Waals surface area contributed by atoms with Crippen molar-refractivity contribution >= 4 is 17.7 Å². The molecule has 0 spiro atoms. The number of carboxylic acids is 1. The standard InChI is InChI=1S/C16H29NO5/c1-2-3-4-5-6-7-8-9-10-11-14(20)17-15(16(21)22)13(19)12-18/h15,18H,2-12H2,1H3,(H,17,20)(H,21,22). The quantitative estimate of drug-likeness (QED) is 0.336. The molecule has 0 aliphatic rings. The molecule has 0 aliphatic heterocycles. The third-order valence-electron chi connectivity index (χ3n) is 3.54. The summed E-state index contributed by atoms with van der Waals surface area (Å²) in [5, 5.41) is 19.6. The number of Topliss-reactive ketones (excluding diaryl/α,β-unsaturated/α-hetero) is 1. The van der Waals surface area contributed by atoms with Gasteiger partial charge in [0.25, 0.3) is 0 Å². The van der Waals surface area contributed by atoms with Gasteiger partial charge in [-0.15, -0.1) is 0 Å². The van der Waals surface area contributed by atoms with Crippen molar-refractivity contribution in [2.75, 3.05) is 6.61 Å².